The molecule has 2 aromatic carbocycles. The van der Waals surface area contributed by atoms with E-state index in [-0.39, 0.29) is 5.91 Å². The lowest BCUT2D eigenvalue weighted by molar-refractivity contribution is -0.114. The van der Waals surface area contributed by atoms with Gasteiger partial charge in [-0.25, -0.2) is 0 Å². The van der Waals surface area contributed by atoms with Gasteiger partial charge in [-0.15, -0.1) is 0 Å². The fraction of sp³-hybridized carbons (Fsp3) is 0.278. The second-order valence-electron chi connectivity index (χ2n) is 5.15. The molecule has 2 aromatic rings. The number of carbonyl (C=O) groups is 1. The Balaban J connectivity index is 2.07. The Morgan fingerprint density at radius 1 is 1.17 bits per heavy atom. The number of nitrogens with one attached hydrogen (secondary N) is 2. The molecule has 0 unspecified atom stereocenters. The predicted molar refractivity (Wildman–Crippen MR) is 97.2 cm³/mol. The van der Waals surface area contributed by atoms with E-state index in [2.05, 4.69) is 10.6 Å². The molecule has 0 heterocycles. The molecule has 24 heavy (non-hydrogen) atoms. The van der Waals surface area contributed by atoms with Gasteiger partial charge in [0.1, 0.15) is 0 Å². The predicted octanol–water partition coefficient (Wildman–Crippen LogP) is 4.32. The first-order valence-corrected chi connectivity index (χ1v) is 8.02. The molecule has 0 aromatic heterocycles. The van der Waals surface area contributed by atoms with Crippen molar-refractivity contribution in [1.29, 1.82) is 0 Å². The average molecular weight is 349 g/mol. The summed E-state index contributed by atoms with van der Waals surface area (Å²) in [4.78, 5) is 11.0. The van der Waals surface area contributed by atoms with Gasteiger partial charge in [-0.3, -0.25) is 4.79 Å². The highest BCUT2D eigenvalue weighted by molar-refractivity contribution is 6.32. The summed E-state index contributed by atoms with van der Waals surface area (Å²) in [6.45, 7) is 4.52. The first-order valence-electron chi connectivity index (χ1n) is 7.64. The van der Waals surface area contributed by atoms with Crippen LogP contribution >= 0.6 is 11.6 Å². The first-order chi connectivity index (χ1) is 11.5. The maximum absolute atomic E-state index is 11.0. The van der Waals surface area contributed by atoms with Crippen LogP contribution < -0.4 is 20.1 Å². The third kappa shape index (κ3) is 4.80. The van der Waals surface area contributed by atoms with Crippen molar-refractivity contribution in [3.63, 3.8) is 0 Å². The summed E-state index contributed by atoms with van der Waals surface area (Å²) in [6.07, 6.45) is 0. The van der Waals surface area contributed by atoms with E-state index in [9.17, 15) is 4.79 Å². The van der Waals surface area contributed by atoms with E-state index in [4.69, 9.17) is 21.1 Å². The fourth-order valence-electron chi connectivity index (χ4n) is 2.26. The molecule has 5 nitrogen and oxygen atoms in total. The van der Waals surface area contributed by atoms with Crippen LogP contribution in [0, 0.1) is 0 Å². The molecule has 2 N–H and O–H groups in total. The Bertz CT molecular complexity index is 702. The van der Waals surface area contributed by atoms with Gasteiger partial charge < -0.3 is 20.1 Å². The molecule has 0 saturated heterocycles. The van der Waals surface area contributed by atoms with Crippen molar-refractivity contribution in [3.8, 4) is 11.5 Å². The van der Waals surface area contributed by atoms with E-state index in [0.717, 1.165) is 16.9 Å². The number of halogens is 1. The summed E-state index contributed by atoms with van der Waals surface area (Å²) < 4.78 is 10.9. The van der Waals surface area contributed by atoms with E-state index >= 15 is 0 Å². The topological polar surface area (TPSA) is 59.6 Å². The van der Waals surface area contributed by atoms with Crippen molar-refractivity contribution >= 4 is 28.9 Å². The molecule has 0 bridgehead atoms. The molecule has 0 fully saturated rings. The molecule has 1 amide bonds. The van der Waals surface area contributed by atoms with Crippen LogP contribution in [-0.2, 0) is 11.3 Å². The molecule has 6 heteroatoms. The highest BCUT2D eigenvalue weighted by atomic mass is 35.5. The summed E-state index contributed by atoms with van der Waals surface area (Å²) in [5, 5.41) is 6.56. The number of anilines is 2. The van der Waals surface area contributed by atoms with Crippen LogP contribution in [0.25, 0.3) is 0 Å². The lowest BCUT2D eigenvalue weighted by atomic mass is 10.2. The second kappa shape index (κ2) is 8.45. The van der Waals surface area contributed by atoms with Gasteiger partial charge >= 0.3 is 0 Å². The van der Waals surface area contributed by atoms with E-state index in [0.29, 0.717) is 29.7 Å². The Morgan fingerprint density at radius 3 is 2.42 bits per heavy atom. The van der Waals surface area contributed by atoms with Crippen LogP contribution in [0.2, 0.25) is 5.02 Å². The van der Waals surface area contributed by atoms with Gasteiger partial charge in [-0.2, -0.15) is 0 Å². The van der Waals surface area contributed by atoms with E-state index in [1.165, 1.54) is 6.92 Å². The van der Waals surface area contributed by atoms with Gasteiger partial charge in [0.2, 0.25) is 5.91 Å². The molecule has 0 atom stereocenters. The Hall–Kier alpha value is -2.40. The van der Waals surface area contributed by atoms with Crippen LogP contribution in [0.4, 0.5) is 11.4 Å². The second-order valence-corrected chi connectivity index (χ2v) is 5.56. The molecular weight excluding hydrogens is 328 g/mol. The normalized spacial score (nSPS) is 10.2. The minimum Gasteiger partial charge on any atom is -0.491 e. The summed E-state index contributed by atoms with van der Waals surface area (Å²) in [7, 11) is 1.57. The highest BCUT2D eigenvalue weighted by Gasteiger charge is 2.11. The van der Waals surface area contributed by atoms with Crippen LogP contribution in [0.1, 0.15) is 19.4 Å². The number of methoxy groups -OCH3 is 1. The first kappa shape index (κ1) is 17.9. The number of amides is 1. The van der Waals surface area contributed by atoms with E-state index < -0.39 is 0 Å². The zero-order chi connectivity index (χ0) is 17.5. The average Bonchev–Trinajstić information content (AvgIpc) is 2.54. The molecule has 128 valence electrons. The van der Waals surface area contributed by atoms with Crippen LogP contribution in [0.3, 0.4) is 0 Å². The smallest absolute Gasteiger partial charge is 0.221 e. The minimum atomic E-state index is -0.0907. The summed E-state index contributed by atoms with van der Waals surface area (Å²) in [6, 6.07) is 11.3. The number of ether oxygens (including phenoxy) is 2. The standard InChI is InChI=1S/C18H21ClN2O3/c1-4-24-17-10-13(9-16(19)18(17)23-3)11-20-14-5-7-15(8-6-14)21-12(2)22/h5-10,20H,4,11H2,1-3H3,(H,21,22). The molecule has 2 rings (SSSR count). The van der Waals surface area contributed by atoms with Crippen molar-refractivity contribution in [1.82, 2.24) is 0 Å². The third-order valence-electron chi connectivity index (χ3n) is 3.28. The molecule has 0 saturated carbocycles. The zero-order valence-corrected chi connectivity index (χ0v) is 14.7. The van der Waals surface area contributed by atoms with Crippen LogP contribution in [-0.4, -0.2) is 19.6 Å². The Labute approximate surface area is 146 Å². The quantitative estimate of drug-likeness (QED) is 0.782. The molecule has 0 aliphatic heterocycles. The molecule has 0 aliphatic rings. The van der Waals surface area contributed by atoms with Crippen molar-refractivity contribution in [2.45, 2.75) is 20.4 Å². The van der Waals surface area contributed by atoms with Crippen molar-refractivity contribution in [2.24, 2.45) is 0 Å². The number of carbonyl (C=O) groups excluding carboxylic acids is 1. The largest absolute Gasteiger partial charge is 0.491 e. The maximum Gasteiger partial charge on any atom is 0.221 e. The molecule has 0 spiro atoms. The van der Waals surface area contributed by atoms with Crippen LogP contribution in [0.5, 0.6) is 11.5 Å². The molecular formula is C18H21ClN2O3. The number of hydrogen-bond acceptors (Lipinski definition) is 4. The highest BCUT2D eigenvalue weighted by Crippen LogP contribution is 2.36. The maximum atomic E-state index is 11.0. The van der Waals surface area contributed by atoms with Crippen molar-refractivity contribution < 1.29 is 14.3 Å². The van der Waals surface area contributed by atoms with Gasteiger partial charge in [-0.1, -0.05) is 11.6 Å². The Morgan fingerprint density at radius 2 is 1.83 bits per heavy atom. The van der Waals surface area contributed by atoms with Gasteiger partial charge in [0.15, 0.2) is 11.5 Å². The van der Waals surface area contributed by atoms with Gasteiger partial charge in [0.25, 0.3) is 0 Å². The molecule has 0 aliphatic carbocycles. The number of rotatable bonds is 7. The monoisotopic (exact) mass is 348 g/mol. The summed E-state index contributed by atoms with van der Waals surface area (Å²) >= 11 is 6.25. The van der Waals surface area contributed by atoms with Crippen LogP contribution in [0.15, 0.2) is 36.4 Å². The fourth-order valence-corrected chi connectivity index (χ4v) is 2.57. The van der Waals surface area contributed by atoms with Crippen molar-refractivity contribution in [3.05, 3.63) is 47.0 Å². The lowest BCUT2D eigenvalue weighted by Crippen LogP contribution is -2.06. The van der Waals surface area contributed by atoms with Gasteiger partial charge in [-0.05, 0) is 48.9 Å². The molecule has 0 radical (unpaired) electrons. The Kier molecular flexibility index (Phi) is 6.32. The van der Waals surface area contributed by atoms with Gasteiger partial charge in [0.05, 0.1) is 18.7 Å². The summed E-state index contributed by atoms with van der Waals surface area (Å²) in [5.74, 6) is 1.08. The van der Waals surface area contributed by atoms with Gasteiger partial charge in [0, 0.05) is 24.8 Å². The van der Waals surface area contributed by atoms with E-state index in [1.54, 1.807) is 7.11 Å². The number of benzene rings is 2. The third-order valence-corrected chi connectivity index (χ3v) is 3.56. The SMILES string of the molecule is CCOc1cc(CNc2ccc(NC(C)=O)cc2)cc(Cl)c1OC. The zero-order valence-electron chi connectivity index (χ0n) is 14.0. The lowest BCUT2D eigenvalue weighted by Gasteiger charge is -2.14. The minimum absolute atomic E-state index is 0.0907. The van der Waals surface area contributed by atoms with Crippen molar-refractivity contribution in [2.75, 3.05) is 24.4 Å². The van der Waals surface area contributed by atoms with E-state index in [1.807, 2.05) is 43.3 Å². The summed E-state index contributed by atoms with van der Waals surface area (Å²) in [5.41, 5.74) is 2.68. The number of hydrogen-bond donors (Lipinski definition) is 2.